The molecule has 2 heterocycles. The number of carboxylic acids is 1. The first kappa shape index (κ1) is 35.6. The molecule has 0 spiro atoms. The molecule has 0 amide bonds. The van der Waals surface area contributed by atoms with Crippen molar-refractivity contribution in [1.82, 2.24) is 20.4 Å². The first-order chi connectivity index (χ1) is 18.6. The van der Waals surface area contributed by atoms with E-state index < -0.39 is 24.4 Å². The maximum Gasteiger partial charge on any atom is 0.422 e. The van der Waals surface area contributed by atoms with E-state index in [0.29, 0.717) is 5.89 Å². The zero-order valence-corrected chi connectivity index (χ0v) is 25.2. The second kappa shape index (κ2) is 16.8. The summed E-state index contributed by atoms with van der Waals surface area (Å²) in [5.41, 5.74) is -0.464. The van der Waals surface area contributed by atoms with Crippen LogP contribution in [0.1, 0.15) is 115 Å². The topological polar surface area (TPSA) is 110 Å². The number of nitrogens with zero attached hydrogens (tertiary/aromatic N) is 3. The minimum atomic E-state index is -4.52. The predicted molar refractivity (Wildman–Crippen MR) is 149 cm³/mol. The van der Waals surface area contributed by atoms with Crippen LogP contribution in [0.3, 0.4) is 0 Å². The predicted octanol–water partition coefficient (Wildman–Crippen LogP) is 8.13. The lowest BCUT2D eigenvalue weighted by Crippen LogP contribution is -2.44. The van der Waals surface area contributed by atoms with Crippen molar-refractivity contribution >= 4 is 17.6 Å². The van der Waals surface area contributed by atoms with Gasteiger partial charge in [0.1, 0.15) is 10.8 Å². The number of carbonyl (C=O) groups is 1. The highest BCUT2D eigenvalue weighted by atomic mass is 35.5. The lowest BCUT2D eigenvalue weighted by Gasteiger charge is -2.34. The molecule has 2 rings (SSSR count). The summed E-state index contributed by atoms with van der Waals surface area (Å²) in [6, 6.07) is 0.830. The smallest absolute Gasteiger partial charge is 0.422 e. The number of pyridine rings is 1. The number of carboxylic acid groups (broad SMARTS) is 1. The van der Waals surface area contributed by atoms with E-state index in [1.165, 1.54) is 51.4 Å². The summed E-state index contributed by atoms with van der Waals surface area (Å²) in [6.07, 6.45) is 8.12. The molecular formula is C28H44ClF3N4O4. The summed E-state index contributed by atoms with van der Waals surface area (Å²) in [4.78, 5) is 18.4. The minimum Gasteiger partial charge on any atom is -0.482 e. The van der Waals surface area contributed by atoms with Gasteiger partial charge < -0.3 is 19.7 Å². The number of nitrogens with one attached hydrogen (secondary N) is 1. The van der Waals surface area contributed by atoms with Crippen LogP contribution in [0.2, 0.25) is 5.02 Å². The first-order valence-electron chi connectivity index (χ1n) is 13.7. The van der Waals surface area contributed by atoms with Crippen molar-refractivity contribution in [3.63, 3.8) is 0 Å². The van der Waals surface area contributed by atoms with Gasteiger partial charge in [-0.05, 0) is 31.7 Å². The molecule has 40 heavy (non-hydrogen) atoms. The molecule has 0 aliphatic rings. The van der Waals surface area contributed by atoms with Crippen LogP contribution in [0.5, 0.6) is 5.75 Å². The SMILES string of the molecule is CCCCCCCCCCNC(C)(CC(C)(C)C)c1noc(C)n1.O=C(O)c1cc(OCC(F)(F)F)c(Cl)cn1. The average molecular weight is 593 g/mol. The maximum absolute atomic E-state index is 11.8. The average Bonchev–Trinajstić information content (AvgIpc) is 3.28. The summed E-state index contributed by atoms with van der Waals surface area (Å²) in [5, 5.41) is 16.2. The van der Waals surface area contributed by atoms with E-state index in [1.807, 2.05) is 6.92 Å². The van der Waals surface area contributed by atoms with Gasteiger partial charge in [0.05, 0.1) is 11.7 Å². The first-order valence-corrected chi connectivity index (χ1v) is 14.1. The van der Waals surface area contributed by atoms with Gasteiger partial charge in [-0.3, -0.25) is 0 Å². The van der Waals surface area contributed by atoms with Crippen molar-refractivity contribution in [3.8, 4) is 5.75 Å². The summed E-state index contributed by atoms with van der Waals surface area (Å²) >= 11 is 5.48. The van der Waals surface area contributed by atoms with Crippen molar-refractivity contribution < 1.29 is 32.3 Å². The van der Waals surface area contributed by atoms with Gasteiger partial charge in [-0.1, -0.05) is 89.4 Å². The van der Waals surface area contributed by atoms with Crippen LogP contribution in [0.4, 0.5) is 13.2 Å². The van der Waals surface area contributed by atoms with Crippen LogP contribution in [0.25, 0.3) is 0 Å². The number of halogens is 4. The molecular weight excluding hydrogens is 549 g/mol. The maximum atomic E-state index is 11.8. The molecule has 2 N–H and O–H groups in total. The molecule has 228 valence electrons. The molecule has 0 aliphatic carbocycles. The number of alkyl halides is 3. The summed E-state index contributed by atoms with van der Waals surface area (Å²) in [7, 11) is 0. The largest absolute Gasteiger partial charge is 0.482 e. The number of hydrogen-bond donors (Lipinski definition) is 2. The molecule has 1 unspecified atom stereocenters. The molecule has 8 nitrogen and oxygen atoms in total. The number of aromatic nitrogens is 3. The van der Waals surface area contributed by atoms with Crippen molar-refractivity contribution in [1.29, 1.82) is 0 Å². The van der Waals surface area contributed by atoms with Gasteiger partial charge >= 0.3 is 12.1 Å². The third kappa shape index (κ3) is 14.8. The molecule has 0 saturated heterocycles. The lowest BCUT2D eigenvalue weighted by atomic mass is 9.80. The van der Waals surface area contributed by atoms with Crippen molar-refractivity contribution in [2.75, 3.05) is 13.2 Å². The standard InChI is InChI=1S/C20H39N3O.C8H5ClF3NO3/c1-7-8-9-10-11-12-13-14-15-21-20(6,16-19(3,4)5)18-22-17(2)24-23-18;9-4-2-13-5(7(14)15)1-6(4)16-3-8(10,11)12/h21H,7-16H2,1-6H3;1-2H,3H2,(H,14,15). The van der Waals surface area contributed by atoms with Gasteiger partial charge in [-0.2, -0.15) is 18.2 Å². The van der Waals surface area contributed by atoms with Crippen LogP contribution >= 0.6 is 11.6 Å². The van der Waals surface area contributed by atoms with Crippen LogP contribution in [0.15, 0.2) is 16.8 Å². The number of aryl methyl sites for hydroxylation is 1. The summed E-state index contributed by atoms with van der Waals surface area (Å²) in [6.45, 7) is 12.6. The van der Waals surface area contributed by atoms with Gasteiger partial charge in [-0.25, -0.2) is 9.78 Å². The molecule has 0 radical (unpaired) electrons. The Labute approximate surface area is 240 Å². The Balaban J connectivity index is 0.000000433. The monoisotopic (exact) mass is 592 g/mol. The van der Waals surface area contributed by atoms with Gasteiger partial charge in [-0.15, -0.1) is 0 Å². The summed E-state index contributed by atoms with van der Waals surface area (Å²) in [5.74, 6) is -0.326. The lowest BCUT2D eigenvalue weighted by molar-refractivity contribution is -0.153. The molecule has 0 saturated carbocycles. The molecule has 0 aromatic carbocycles. The Morgan fingerprint density at radius 2 is 1.68 bits per heavy atom. The minimum absolute atomic E-state index is 0.186. The molecule has 12 heteroatoms. The zero-order valence-electron chi connectivity index (χ0n) is 24.5. The number of hydrogen-bond acceptors (Lipinski definition) is 7. The molecule has 2 aromatic rings. The van der Waals surface area contributed by atoms with E-state index in [4.69, 9.17) is 21.2 Å². The van der Waals surface area contributed by atoms with Crippen LogP contribution < -0.4 is 10.1 Å². The van der Waals surface area contributed by atoms with Crippen molar-refractivity contribution in [2.24, 2.45) is 5.41 Å². The fraction of sp³-hybridized carbons (Fsp3) is 0.714. The van der Waals surface area contributed by atoms with Gasteiger partial charge in [0.15, 0.2) is 18.1 Å². The van der Waals surface area contributed by atoms with Gasteiger partial charge in [0, 0.05) is 13.0 Å². The Kier molecular flexibility index (Phi) is 14.9. The number of rotatable bonds is 15. The number of unbranched alkanes of at least 4 members (excludes halogenated alkanes) is 7. The van der Waals surface area contributed by atoms with E-state index >= 15 is 0 Å². The third-order valence-corrected chi connectivity index (χ3v) is 6.16. The van der Waals surface area contributed by atoms with Crippen LogP contribution in [-0.4, -0.2) is 45.5 Å². The summed E-state index contributed by atoms with van der Waals surface area (Å²) < 4.78 is 45.0. The molecule has 2 aromatic heterocycles. The highest BCUT2D eigenvalue weighted by Gasteiger charge is 2.35. The Morgan fingerprint density at radius 1 is 1.07 bits per heavy atom. The van der Waals surface area contributed by atoms with E-state index in [2.05, 4.69) is 59.8 Å². The normalized spacial score (nSPS) is 13.3. The second-order valence-electron chi connectivity index (χ2n) is 11.3. The van der Waals surface area contributed by atoms with E-state index in [-0.39, 0.29) is 21.7 Å². The Bertz CT molecular complexity index is 1030. The second-order valence-corrected chi connectivity index (χ2v) is 11.7. The van der Waals surface area contributed by atoms with Crippen molar-refractivity contribution in [2.45, 2.75) is 111 Å². The highest BCUT2D eigenvalue weighted by Crippen LogP contribution is 2.33. The van der Waals surface area contributed by atoms with E-state index in [0.717, 1.165) is 31.1 Å². The fourth-order valence-corrected chi connectivity index (χ4v) is 4.39. The number of aromatic carboxylic acids is 1. The van der Waals surface area contributed by atoms with Crippen LogP contribution in [-0.2, 0) is 5.54 Å². The zero-order chi connectivity index (χ0) is 30.4. The van der Waals surface area contributed by atoms with E-state index in [1.54, 1.807) is 0 Å². The van der Waals surface area contributed by atoms with Gasteiger partial charge in [0.25, 0.3) is 0 Å². The molecule has 0 aliphatic heterocycles. The fourth-order valence-electron chi connectivity index (χ4n) is 4.24. The van der Waals surface area contributed by atoms with Crippen LogP contribution in [0, 0.1) is 12.3 Å². The van der Waals surface area contributed by atoms with Crippen molar-refractivity contribution in [3.05, 3.63) is 34.7 Å². The Hall–Kier alpha value is -2.40. The Morgan fingerprint density at radius 3 is 2.17 bits per heavy atom. The molecule has 1 atom stereocenters. The number of ether oxygens (including phenoxy) is 1. The quantitative estimate of drug-likeness (QED) is 0.199. The highest BCUT2D eigenvalue weighted by molar-refractivity contribution is 6.32. The molecule has 0 bridgehead atoms. The van der Waals surface area contributed by atoms with Gasteiger partial charge in [0.2, 0.25) is 5.89 Å². The molecule has 0 fully saturated rings. The van der Waals surface area contributed by atoms with E-state index in [9.17, 15) is 18.0 Å². The third-order valence-electron chi connectivity index (χ3n) is 5.88.